The number of unbranched alkanes of at least 4 members (excludes halogenated alkanes) is 9. The van der Waals surface area contributed by atoms with Gasteiger partial charge in [-0.1, -0.05) is 76.8 Å². The van der Waals surface area contributed by atoms with Crippen LogP contribution >= 0.6 is 0 Å². The molecule has 0 spiro atoms. The van der Waals surface area contributed by atoms with Gasteiger partial charge in [-0.3, -0.25) is 0 Å². The molecule has 4 nitrogen and oxygen atoms in total. The van der Waals surface area contributed by atoms with Gasteiger partial charge in [-0.15, -0.1) is 0 Å². The largest absolute Gasteiger partial charge is 0.398 e. The van der Waals surface area contributed by atoms with Crippen LogP contribution in [0.3, 0.4) is 0 Å². The summed E-state index contributed by atoms with van der Waals surface area (Å²) >= 11 is 0. The summed E-state index contributed by atoms with van der Waals surface area (Å²) in [6.45, 7) is 2.72. The SMILES string of the molecule is CCCCCCCCCCCCNS(=O)(=O)c1ccccc1N. The highest BCUT2D eigenvalue weighted by Crippen LogP contribution is 2.17. The predicted molar refractivity (Wildman–Crippen MR) is 97.9 cm³/mol. The molecule has 0 aliphatic heterocycles. The van der Waals surface area contributed by atoms with E-state index < -0.39 is 10.0 Å². The van der Waals surface area contributed by atoms with Gasteiger partial charge >= 0.3 is 0 Å². The maximum atomic E-state index is 12.1. The second-order valence-corrected chi connectivity index (χ2v) is 7.85. The zero-order chi connectivity index (χ0) is 17.0. The fraction of sp³-hybridized carbons (Fsp3) is 0.667. The van der Waals surface area contributed by atoms with E-state index in [1.165, 1.54) is 57.4 Å². The van der Waals surface area contributed by atoms with Crippen LogP contribution in [-0.4, -0.2) is 15.0 Å². The van der Waals surface area contributed by atoms with Gasteiger partial charge in [0, 0.05) is 6.54 Å². The van der Waals surface area contributed by atoms with Crippen molar-refractivity contribution in [3.8, 4) is 0 Å². The second-order valence-electron chi connectivity index (χ2n) is 6.12. The Labute approximate surface area is 141 Å². The van der Waals surface area contributed by atoms with E-state index in [1.54, 1.807) is 18.2 Å². The zero-order valence-electron chi connectivity index (χ0n) is 14.4. The molecule has 0 amide bonds. The van der Waals surface area contributed by atoms with Gasteiger partial charge in [-0.05, 0) is 18.6 Å². The Bertz CT molecular complexity index is 530. The van der Waals surface area contributed by atoms with E-state index in [9.17, 15) is 8.42 Å². The van der Waals surface area contributed by atoms with E-state index >= 15 is 0 Å². The van der Waals surface area contributed by atoms with Crippen LogP contribution in [0.25, 0.3) is 0 Å². The van der Waals surface area contributed by atoms with Gasteiger partial charge in [0.15, 0.2) is 0 Å². The maximum Gasteiger partial charge on any atom is 0.242 e. The number of para-hydroxylation sites is 1. The number of hydrogen-bond acceptors (Lipinski definition) is 3. The number of nitrogens with two attached hydrogens (primary N) is 1. The minimum absolute atomic E-state index is 0.173. The Morgan fingerprint density at radius 3 is 1.96 bits per heavy atom. The number of nitrogen functional groups attached to an aromatic ring is 1. The molecular formula is C18H32N2O2S. The Morgan fingerprint density at radius 1 is 0.870 bits per heavy atom. The lowest BCUT2D eigenvalue weighted by molar-refractivity contribution is 0.549. The fourth-order valence-corrected chi connectivity index (χ4v) is 3.83. The summed E-state index contributed by atoms with van der Waals surface area (Å²) in [7, 11) is -3.48. The van der Waals surface area contributed by atoms with E-state index in [-0.39, 0.29) is 4.90 Å². The van der Waals surface area contributed by atoms with Crippen LogP contribution in [0.1, 0.15) is 71.1 Å². The van der Waals surface area contributed by atoms with Gasteiger partial charge < -0.3 is 5.73 Å². The number of hydrogen-bond donors (Lipinski definition) is 2. The molecule has 23 heavy (non-hydrogen) atoms. The molecule has 0 atom stereocenters. The van der Waals surface area contributed by atoms with E-state index in [2.05, 4.69) is 11.6 Å². The first-order valence-corrected chi connectivity index (χ1v) is 10.4. The van der Waals surface area contributed by atoms with Crippen LogP contribution in [0.2, 0.25) is 0 Å². The molecule has 0 bridgehead atoms. The summed E-state index contributed by atoms with van der Waals surface area (Å²) in [6, 6.07) is 6.56. The van der Waals surface area contributed by atoms with Crippen LogP contribution in [0.5, 0.6) is 0 Å². The van der Waals surface area contributed by atoms with Crippen LogP contribution in [0.15, 0.2) is 29.2 Å². The molecule has 0 aliphatic carbocycles. The molecule has 132 valence electrons. The van der Waals surface area contributed by atoms with Crippen LogP contribution in [-0.2, 0) is 10.0 Å². The molecule has 0 unspecified atom stereocenters. The number of rotatable bonds is 13. The Morgan fingerprint density at radius 2 is 1.39 bits per heavy atom. The Kier molecular flexibility index (Phi) is 9.96. The van der Waals surface area contributed by atoms with E-state index in [4.69, 9.17) is 5.73 Å². The smallest absolute Gasteiger partial charge is 0.242 e. The summed E-state index contributed by atoms with van der Waals surface area (Å²) in [5.74, 6) is 0. The van der Waals surface area contributed by atoms with E-state index in [1.807, 2.05) is 0 Å². The van der Waals surface area contributed by atoms with Crippen LogP contribution in [0, 0.1) is 0 Å². The van der Waals surface area contributed by atoms with Gasteiger partial charge in [-0.2, -0.15) is 0 Å². The molecule has 0 saturated carbocycles. The lowest BCUT2D eigenvalue weighted by Crippen LogP contribution is -2.25. The minimum Gasteiger partial charge on any atom is -0.398 e. The lowest BCUT2D eigenvalue weighted by atomic mass is 10.1. The van der Waals surface area contributed by atoms with Crippen molar-refractivity contribution in [3.63, 3.8) is 0 Å². The number of benzene rings is 1. The van der Waals surface area contributed by atoms with Gasteiger partial charge in [0.2, 0.25) is 10.0 Å². The van der Waals surface area contributed by atoms with Gasteiger partial charge in [-0.25, -0.2) is 13.1 Å². The topological polar surface area (TPSA) is 72.2 Å². The predicted octanol–water partition coefficient (Wildman–Crippen LogP) is 4.47. The first kappa shape index (κ1) is 20.0. The van der Waals surface area contributed by atoms with Crippen molar-refractivity contribution < 1.29 is 8.42 Å². The van der Waals surface area contributed by atoms with Crippen LogP contribution < -0.4 is 10.5 Å². The highest BCUT2D eigenvalue weighted by atomic mass is 32.2. The maximum absolute atomic E-state index is 12.1. The molecule has 0 heterocycles. The Hall–Kier alpha value is -1.07. The summed E-state index contributed by atoms with van der Waals surface area (Å²) in [5.41, 5.74) is 6.01. The molecule has 0 radical (unpaired) electrons. The molecule has 0 aromatic heterocycles. The van der Waals surface area contributed by atoms with Crippen molar-refractivity contribution >= 4 is 15.7 Å². The highest BCUT2D eigenvalue weighted by molar-refractivity contribution is 7.89. The van der Waals surface area contributed by atoms with Crippen molar-refractivity contribution in [2.45, 2.75) is 76.0 Å². The summed E-state index contributed by atoms with van der Waals surface area (Å²) in [5, 5.41) is 0. The minimum atomic E-state index is -3.48. The van der Waals surface area contributed by atoms with Crippen molar-refractivity contribution in [1.29, 1.82) is 0 Å². The van der Waals surface area contributed by atoms with Crippen molar-refractivity contribution in [2.24, 2.45) is 0 Å². The third-order valence-corrected chi connectivity index (χ3v) is 5.57. The molecule has 1 rings (SSSR count). The zero-order valence-corrected chi connectivity index (χ0v) is 15.2. The first-order valence-electron chi connectivity index (χ1n) is 8.92. The molecule has 1 aromatic rings. The van der Waals surface area contributed by atoms with E-state index in [0.29, 0.717) is 12.2 Å². The third-order valence-electron chi connectivity index (χ3n) is 4.03. The van der Waals surface area contributed by atoms with Crippen molar-refractivity contribution in [3.05, 3.63) is 24.3 Å². The molecule has 0 fully saturated rings. The number of anilines is 1. The second kappa shape index (κ2) is 11.5. The average molecular weight is 341 g/mol. The van der Waals surface area contributed by atoms with Gasteiger partial charge in [0.1, 0.15) is 4.90 Å². The normalized spacial score (nSPS) is 11.7. The fourth-order valence-electron chi connectivity index (χ4n) is 2.62. The summed E-state index contributed by atoms with van der Waals surface area (Å²) in [6.07, 6.45) is 12.4. The summed E-state index contributed by atoms with van der Waals surface area (Å²) < 4.78 is 26.9. The third kappa shape index (κ3) is 8.37. The van der Waals surface area contributed by atoms with Crippen LogP contribution in [0.4, 0.5) is 5.69 Å². The molecule has 0 aliphatic rings. The molecular weight excluding hydrogens is 308 g/mol. The quantitative estimate of drug-likeness (QED) is 0.411. The molecule has 1 aromatic carbocycles. The molecule has 3 N–H and O–H groups in total. The molecule has 0 saturated heterocycles. The lowest BCUT2D eigenvalue weighted by Gasteiger charge is -2.08. The van der Waals surface area contributed by atoms with Crippen molar-refractivity contribution in [2.75, 3.05) is 12.3 Å². The van der Waals surface area contributed by atoms with Crippen molar-refractivity contribution in [1.82, 2.24) is 4.72 Å². The summed E-state index contributed by atoms with van der Waals surface area (Å²) in [4.78, 5) is 0.173. The number of nitrogens with one attached hydrogen (secondary N) is 1. The van der Waals surface area contributed by atoms with Gasteiger partial charge in [0.05, 0.1) is 5.69 Å². The van der Waals surface area contributed by atoms with E-state index in [0.717, 1.165) is 12.8 Å². The van der Waals surface area contributed by atoms with Gasteiger partial charge in [0.25, 0.3) is 0 Å². The molecule has 5 heteroatoms. The number of sulfonamides is 1. The standard InChI is InChI=1S/C18H32N2O2S/c1-2-3-4-5-6-7-8-9-10-13-16-20-23(21,22)18-15-12-11-14-17(18)19/h11-12,14-15,20H,2-10,13,16,19H2,1H3. The highest BCUT2D eigenvalue weighted by Gasteiger charge is 2.15. The average Bonchev–Trinajstić information content (AvgIpc) is 2.53. The Balaban J connectivity index is 2.08. The monoisotopic (exact) mass is 340 g/mol. The first-order chi connectivity index (χ1) is 11.1.